The van der Waals surface area contributed by atoms with E-state index in [0.717, 1.165) is 33.4 Å². The van der Waals surface area contributed by atoms with E-state index in [-0.39, 0.29) is 5.91 Å². The first-order valence-electron chi connectivity index (χ1n) is 7.64. The Morgan fingerprint density at radius 2 is 2.17 bits per heavy atom. The molecule has 0 bridgehead atoms. The van der Waals surface area contributed by atoms with Crippen molar-refractivity contribution in [2.24, 2.45) is 5.10 Å². The maximum absolute atomic E-state index is 12.2. The van der Waals surface area contributed by atoms with Gasteiger partial charge in [0.15, 0.2) is 0 Å². The standard InChI is InChI=1S/C18H17BrN4O/c1-3-23-12(2)21-16-10-14(7-8-17(16)23)18(24)22-20-11-13-5-4-6-15(19)9-13/h4-11H,3H2,1-2H3,(H,22,24)/b20-11+. The van der Waals surface area contributed by atoms with Crippen LogP contribution >= 0.6 is 15.9 Å². The maximum atomic E-state index is 12.2. The molecule has 1 heterocycles. The van der Waals surface area contributed by atoms with E-state index < -0.39 is 0 Å². The average Bonchev–Trinajstić information content (AvgIpc) is 2.88. The highest BCUT2D eigenvalue weighted by Crippen LogP contribution is 2.17. The highest BCUT2D eigenvalue weighted by atomic mass is 79.9. The van der Waals surface area contributed by atoms with Gasteiger partial charge < -0.3 is 4.57 Å². The van der Waals surface area contributed by atoms with Gasteiger partial charge in [0.05, 0.1) is 17.2 Å². The summed E-state index contributed by atoms with van der Waals surface area (Å²) in [7, 11) is 0. The molecule has 122 valence electrons. The zero-order valence-electron chi connectivity index (χ0n) is 13.5. The predicted octanol–water partition coefficient (Wildman–Crippen LogP) is 3.89. The molecule has 3 rings (SSSR count). The van der Waals surface area contributed by atoms with Crippen molar-refractivity contribution >= 4 is 39.1 Å². The number of aryl methyl sites for hydroxylation is 2. The van der Waals surface area contributed by atoms with Gasteiger partial charge in [-0.2, -0.15) is 5.10 Å². The van der Waals surface area contributed by atoms with Crippen LogP contribution in [0.4, 0.5) is 0 Å². The van der Waals surface area contributed by atoms with Crippen LogP contribution in [-0.4, -0.2) is 21.7 Å². The van der Waals surface area contributed by atoms with Crippen molar-refractivity contribution in [1.29, 1.82) is 0 Å². The molecule has 5 nitrogen and oxygen atoms in total. The lowest BCUT2D eigenvalue weighted by molar-refractivity contribution is 0.0955. The molecule has 0 atom stereocenters. The number of rotatable bonds is 4. The second kappa shape index (κ2) is 6.97. The molecule has 0 saturated heterocycles. The first kappa shape index (κ1) is 16.4. The first-order chi connectivity index (χ1) is 11.6. The quantitative estimate of drug-likeness (QED) is 0.547. The van der Waals surface area contributed by atoms with E-state index in [9.17, 15) is 4.79 Å². The number of imidazole rings is 1. The second-order valence-corrected chi connectivity index (χ2v) is 6.28. The Morgan fingerprint density at radius 3 is 2.92 bits per heavy atom. The van der Waals surface area contributed by atoms with Crippen LogP contribution in [0.1, 0.15) is 28.7 Å². The molecule has 24 heavy (non-hydrogen) atoms. The predicted molar refractivity (Wildman–Crippen MR) is 99.3 cm³/mol. The number of carbonyl (C=O) groups excluding carboxylic acids is 1. The van der Waals surface area contributed by atoms with Gasteiger partial charge in [-0.15, -0.1) is 0 Å². The summed E-state index contributed by atoms with van der Waals surface area (Å²) in [5.74, 6) is 0.685. The summed E-state index contributed by atoms with van der Waals surface area (Å²) in [5.41, 5.74) is 5.83. The van der Waals surface area contributed by atoms with Crippen LogP contribution in [0.2, 0.25) is 0 Å². The number of carbonyl (C=O) groups is 1. The monoisotopic (exact) mass is 384 g/mol. The summed E-state index contributed by atoms with van der Waals surface area (Å²) in [6, 6.07) is 13.2. The summed E-state index contributed by atoms with van der Waals surface area (Å²) in [5, 5.41) is 4.01. The van der Waals surface area contributed by atoms with Gasteiger partial charge in [-0.1, -0.05) is 28.1 Å². The number of nitrogens with zero attached hydrogens (tertiary/aromatic N) is 3. The fourth-order valence-electron chi connectivity index (χ4n) is 2.61. The molecule has 0 spiro atoms. The Kier molecular flexibility index (Phi) is 4.76. The minimum absolute atomic E-state index is 0.258. The van der Waals surface area contributed by atoms with E-state index in [0.29, 0.717) is 5.56 Å². The third-order valence-corrected chi connectivity index (χ3v) is 4.24. The van der Waals surface area contributed by atoms with Crippen molar-refractivity contribution in [2.45, 2.75) is 20.4 Å². The molecule has 0 aliphatic carbocycles. The largest absolute Gasteiger partial charge is 0.329 e. The van der Waals surface area contributed by atoms with Gasteiger partial charge in [0.25, 0.3) is 5.91 Å². The van der Waals surface area contributed by atoms with E-state index in [1.54, 1.807) is 18.3 Å². The smallest absolute Gasteiger partial charge is 0.271 e. The van der Waals surface area contributed by atoms with Crippen LogP contribution in [0.5, 0.6) is 0 Å². The zero-order chi connectivity index (χ0) is 17.1. The van der Waals surface area contributed by atoms with E-state index in [1.165, 1.54) is 0 Å². The molecular weight excluding hydrogens is 368 g/mol. The molecule has 3 aromatic rings. The number of benzene rings is 2. The number of halogens is 1. The van der Waals surface area contributed by atoms with Crippen LogP contribution < -0.4 is 5.43 Å². The molecular formula is C18H17BrN4O. The molecule has 0 fully saturated rings. The Hall–Kier alpha value is -2.47. The van der Waals surface area contributed by atoms with Crippen LogP contribution in [0, 0.1) is 6.92 Å². The number of hydrazone groups is 1. The fraction of sp³-hybridized carbons (Fsp3) is 0.167. The lowest BCUT2D eigenvalue weighted by Crippen LogP contribution is -2.17. The minimum Gasteiger partial charge on any atom is -0.329 e. The normalized spacial score (nSPS) is 11.3. The second-order valence-electron chi connectivity index (χ2n) is 5.36. The summed E-state index contributed by atoms with van der Waals surface area (Å²) in [6.07, 6.45) is 1.61. The average molecular weight is 385 g/mol. The number of hydrogen-bond acceptors (Lipinski definition) is 3. The van der Waals surface area contributed by atoms with Crippen molar-refractivity contribution in [2.75, 3.05) is 0 Å². The van der Waals surface area contributed by atoms with Gasteiger partial charge in [-0.05, 0) is 49.7 Å². The molecule has 1 amide bonds. The van der Waals surface area contributed by atoms with E-state index in [2.05, 4.69) is 42.9 Å². The minimum atomic E-state index is -0.258. The van der Waals surface area contributed by atoms with Gasteiger partial charge >= 0.3 is 0 Å². The van der Waals surface area contributed by atoms with E-state index in [1.807, 2.05) is 37.3 Å². The van der Waals surface area contributed by atoms with Gasteiger partial charge in [0.1, 0.15) is 5.82 Å². The molecule has 2 aromatic carbocycles. The molecule has 0 unspecified atom stereocenters. The Morgan fingerprint density at radius 1 is 1.33 bits per heavy atom. The summed E-state index contributed by atoms with van der Waals surface area (Å²) in [6.45, 7) is 4.89. The zero-order valence-corrected chi connectivity index (χ0v) is 15.0. The van der Waals surface area contributed by atoms with Crippen LogP contribution in [0.15, 0.2) is 52.0 Å². The van der Waals surface area contributed by atoms with Crippen LogP contribution in [0.3, 0.4) is 0 Å². The molecule has 6 heteroatoms. The van der Waals surface area contributed by atoms with Crippen molar-refractivity contribution < 1.29 is 4.79 Å². The maximum Gasteiger partial charge on any atom is 0.271 e. The molecule has 1 N–H and O–H groups in total. The van der Waals surface area contributed by atoms with Gasteiger partial charge in [0, 0.05) is 16.6 Å². The fourth-order valence-corrected chi connectivity index (χ4v) is 3.02. The number of nitrogens with one attached hydrogen (secondary N) is 1. The molecule has 0 saturated carbocycles. The third kappa shape index (κ3) is 3.38. The topological polar surface area (TPSA) is 59.3 Å². The number of aromatic nitrogens is 2. The Bertz CT molecular complexity index is 930. The van der Waals surface area contributed by atoms with Gasteiger partial charge in [-0.25, -0.2) is 10.4 Å². The molecule has 1 aromatic heterocycles. The number of amides is 1. The number of hydrogen-bond donors (Lipinski definition) is 1. The van der Waals surface area contributed by atoms with Crippen LogP contribution in [0.25, 0.3) is 11.0 Å². The number of fused-ring (bicyclic) bond motifs is 1. The first-order valence-corrected chi connectivity index (χ1v) is 8.43. The third-order valence-electron chi connectivity index (χ3n) is 3.75. The van der Waals surface area contributed by atoms with Crippen molar-refractivity contribution in [3.63, 3.8) is 0 Å². The molecule has 0 radical (unpaired) electrons. The van der Waals surface area contributed by atoms with Crippen molar-refractivity contribution in [3.05, 3.63) is 63.9 Å². The summed E-state index contributed by atoms with van der Waals surface area (Å²) in [4.78, 5) is 16.7. The van der Waals surface area contributed by atoms with Gasteiger partial charge in [-0.3, -0.25) is 4.79 Å². The lowest BCUT2D eigenvalue weighted by atomic mass is 10.2. The Labute approximate surface area is 148 Å². The van der Waals surface area contributed by atoms with Crippen molar-refractivity contribution in [3.8, 4) is 0 Å². The highest BCUT2D eigenvalue weighted by Gasteiger charge is 2.10. The van der Waals surface area contributed by atoms with E-state index >= 15 is 0 Å². The van der Waals surface area contributed by atoms with Crippen LogP contribution in [-0.2, 0) is 6.54 Å². The van der Waals surface area contributed by atoms with Gasteiger partial charge in [0.2, 0.25) is 0 Å². The highest BCUT2D eigenvalue weighted by molar-refractivity contribution is 9.10. The lowest BCUT2D eigenvalue weighted by Gasteiger charge is -2.03. The van der Waals surface area contributed by atoms with Crippen molar-refractivity contribution in [1.82, 2.24) is 15.0 Å². The summed E-state index contributed by atoms with van der Waals surface area (Å²) < 4.78 is 3.08. The Balaban J connectivity index is 1.76. The molecule has 0 aliphatic heterocycles. The summed E-state index contributed by atoms with van der Waals surface area (Å²) >= 11 is 3.40. The van der Waals surface area contributed by atoms with E-state index in [4.69, 9.17) is 0 Å². The SMILES string of the molecule is CCn1c(C)nc2cc(C(=O)N/N=C/c3cccc(Br)c3)ccc21. The molecule has 0 aliphatic rings.